The second kappa shape index (κ2) is 8.91. The Balaban J connectivity index is 1.76. The highest BCUT2D eigenvalue weighted by atomic mass is 19.3. The van der Waals surface area contributed by atoms with E-state index in [4.69, 9.17) is 9.47 Å². The Kier molecular flexibility index (Phi) is 6.34. The quantitative estimate of drug-likeness (QED) is 0.783. The standard InChI is InChI=1S/C21H23F2NO4/c1-13(2)19(15-6-9-17-18(12-15)27-11-3-10-26-17)24-20(25)14-4-7-16(8-5-14)28-21(22)23/h4-9,12-13,19,21H,3,10-11H2,1-2H3,(H,24,25). The number of benzene rings is 2. The van der Waals surface area contributed by atoms with E-state index in [-0.39, 0.29) is 23.6 Å². The molecular formula is C21H23F2NO4. The van der Waals surface area contributed by atoms with Crippen LogP contribution >= 0.6 is 0 Å². The number of nitrogens with one attached hydrogen (secondary N) is 1. The molecule has 1 aliphatic heterocycles. The lowest BCUT2D eigenvalue weighted by molar-refractivity contribution is -0.0498. The van der Waals surface area contributed by atoms with Gasteiger partial charge in [-0.25, -0.2) is 0 Å². The Labute approximate surface area is 162 Å². The molecule has 1 atom stereocenters. The van der Waals surface area contributed by atoms with Crippen molar-refractivity contribution in [1.29, 1.82) is 0 Å². The third-order valence-corrected chi connectivity index (χ3v) is 4.43. The Morgan fingerprint density at radius 1 is 1.04 bits per heavy atom. The molecule has 1 amide bonds. The van der Waals surface area contributed by atoms with Crippen LogP contribution in [-0.2, 0) is 0 Å². The third-order valence-electron chi connectivity index (χ3n) is 4.43. The van der Waals surface area contributed by atoms with Gasteiger partial charge in [0.2, 0.25) is 0 Å². The van der Waals surface area contributed by atoms with Crippen LogP contribution in [0.1, 0.15) is 42.2 Å². The van der Waals surface area contributed by atoms with Gasteiger partial charge in [0.15, 0.2) is 11.5 Å². The number of ether oxygens (including phenoxy) is 3. The molecule has 28 heavy (non-hydrogen) atoms. The third kappa shape index (κ3) is 4.91. The van der Waals surface area contributed by atoms with E-state index in [1.54, 1.807) is 0 Å². The van der Waals surface area contributed by atoms with Gasteiger partial charge >= 0.3 is 6.61 Å². The first-order valence-electron chi connectivity index (χ1n) is 9.19. The van der Waals surface area contributed by atoms with Crippen LogP contribution in [0.2, 0.25) is 0 Å². The summed E-state index contributed by atoms with van der Waals surface area (Å²) >= 11 is 0. The average Bonchev–Trinajstić information content (AvgIpc) is 2.90. The largest absolute Gasteiger partial charge is 0.490 e. The molecule has 2 aromatic carbocycles. The van der Waals surface area contributed by atoms with Gasteiger partial charge in [-0.1, -0.05) is 19.9 Å². The summed E-state index contributed by atoms with van der Waals surface area (Å²) in [6, 6.07) is 11.0. The molecule has 0 spiro atoms. The van der Waals surface area contributed by atoms with Crippen molar-refractivity contribution in [2.75, 3.05) is 13.2 Å². The summed E-state index contributed by atoms with van der Waals surface area (Å²) < 4.78 is 40.2. The molecule has 2 aromatic rings. The summed E-state index contributed by atoms with van der Waals surface area (Å²) in [6.07, 6.45) is 0.819. The molecule has 3 rings (SSSR count). The highest BCUT2D eigenvalue weighted by Crippen LogP contribution is 2.34. The highest BCUT2D eigenvalue weighted by Gasteiger charge is 2.22. The zero-order valence-corrected chi connectivity index (χ0v) is 15.8. The van der Waals surface area contributed by atoms with Crippen LogP contribution in [0.5, 0.6) is 17.2 Å². The van der Waals surface area contributed by atoms with Crippen LogP contribution in [0, 0.1) is 5.92 Å². The number of alkyl halides is 2. The van der Waals surface area contributed by atoms with E-state index in [0.29, 0.717) is 30.3 Å². The number of halogens is 2. The molecule has 0 radical (unpaired) electrons. The molecular weight excluding hydrogens is 368 g/mol. The Hall–Kier alpha value is -2.83. The first-order valence-corrected chi connectivity index (χ1v) is 9.19. The van der Waals surface area contributed by atoms with Crippen molar-refractivity contribution in [1.82, 2.24) is 5.32 Å². The minimum atomic E-state index is -2.90. The Bertz CT molecular complexity index is 809. The normalized spacial score (nSPS) is 14.5. The highest BCUT2D eigenvalue weighted by molar-refractivity contribution is 5.94. The number of hydrogen-bond donors (Lipinski definition) is 1. The fraction of sp³-hybridized carbons (Fsp3) is 0.381. The van der Waals surface area contributed by atoms with Gasteiger partial charge in [-0.05, 0) is 47.9 Å². The van der Waals surface area contributed by atoms with Gasteiger partial charge < -0.3 is 19.5 Å². The Morgan fingerprint density at radius 2 is 1.71 bits per heavy atom. The van der Waals surface area contributed by atoms with Crippen molar-refractivity contribution < 1.29 is 27.8 Å². The average molecular weight is 391 g/mol. The van der Waals surface area contributed by atoms with Crippen molar-refractivity contribution in [3.63, 3.8) is 0 Å². The first kappa shape index (κ1) is 19.9. The zero-order valence-electron chi connectivity index (χ0n) is 15.8. The molecule has 0 bridgehead atoms. The summed E-state index contributed by atoms with van der Waals surface area (Å²) in [4.78, 5) is 12.7. The van der Waals surface area contributed by atoms with E-state index in [2.05, 4.69) is 10.1 Å². The van der Waals surface area contributed by atoms with Crippen molar-refractivity contribution >= 4 is 5.91 Å². The van der Waals surface area contributed by atoms with E-state index in [1.165, 1.54) is 24.3 Å². The molecule has 0 saturated carbocycles. The molecule has 0 aliphatic carbocycles. The minimum Gasteiger partial charge on any atom is -0.490 e. The molecule has 7 heteroatoms. The van der Waals surface area contributed by atoms with Crippen LogP contribution in [0.15, 0.2) is 42.5 Å². The van der Waals surface area contributed by atoms with Crippen molar-refractivity contribution in [2.45, 2.75) is 32.9 Å². The Morgan fingerprint density at radius 3 is 2.36 bits per heavy atom. The number of carbonyl (C=O) groups excluding carboxylic acids is 1. The number of hydrogen-bond acceptors (Lipinski definition) is 4. The molecule has 1 aliphatic rings. The molecule has 1 heterocycles. The maximum atomic E-state index is 12.7. The van der Waals surface area contributed by atoms with E-state index in [0.717, 1.165) is 12.0 Å². The number of amides is 1. The summed E-state index contributed by atoms with van der Waals surface area (Å²) in [5.41, 5.74) is 1.27. The molecule has 1 unspecified atom stereocenters. The van der Waals surface area contributed by atoms with Gasteiger partial charge in [0.05, 0.1) is 19.3 Å². The van der Waals surface area contributed by atoms with Gasteiger partial charge in [0.1, 0.15) is 5.75 Å². The van der Waals surface area contributed by atoms with Gasteiger partial charge in [-0.15, -0.1) is 0 Å². The van der Waals surface area contributed by atoms with Crippen molar-refractivity contribution in [3.8, 4) is 17.2 Å². The second-order valence-electron chi connectivity index (χ2n) is 6.85. The lowest BCUT2D eigenvalue weighted by Gasteiger charge is -2.24. The monoisotopic (exact) mass is 391 g/mol. The zero-order chi connectivity index (χ0) is 20.1. The lowest BCUT2D eigenvalue weighted by atomic mass is 9.95. The fourth-order valence-corrected chi connectivity index (χ4v) is 3.02. The maximum Gasteiger partial charge on any atom is 0.387 e. The number of rotatable bonds is 6. The summed E-state index contributed by atoms with van der Waals surface area (Å²) in [7, 11) is 0. The van der Waals surface area contributed by atoms with Crippen LogP contribution < -0.4 is 19.5 Å². The van der Waals surface area contributed by atoms with Gasteiger partial charge in [-0.3, -0.25) is 4.79 Å². The van der Waals surface area contributed by atoms with E-state index in [1.807, 2.05) is 32.0 Å². The molecule has 0 saturated heterocycles. The lowest BCUT2D eigenvalue weighted by Crippen LogP contribution is -2.31. The van der Waals surface area contributed by atoms with Crippen LogP contribution in [0.4, 0.5) is 8.78 Å². The van der Waals surface area contributed by atoms with E-state index >= 15 is 0 Å². The molecule has 150 valence electrons. The van der Waals surface area contributed by atoms with Crippen LogP contribution in [0.3, 0.4) is 0 Å². The van der Waals surface area contributed by atoms with Gasteiger partial charge in [-0.2, -0.15) is 8.78 Å². The summed E-state index contributed by atoms with van der Waals surface area (Å²) in [5, 5.41) is 3.01. The summed E-state index contributed by atoms with van der Waals surface area (Å²) in [6.45, 7) is 2.31. The van der Waals surface area contributed by atoms with Crippen LogP contribution in [0.25, 0.3) is 0 Å². The van der Waals surface area contributed by atoms with Crippen LogP contribution in [-0.4, -0.2) is 25.7 Å². The van der Waals surface area contributed by atoms with Crippen molar-refractivity contribution in [2.24, 2.45) is 5.92 Å². The second-order valence-corrected chi connectivity index (χ2v) is 6.85. The smallest absolute Gasteiger partial charge is 0.387 e. The number of carbonyl (C=O) groups is 1. The molecule has 0 fully saturated rings. The van der Waals surface area contributed by atoms with Gasteiger partial charge in [0.25, 0.3) is 5.91 Å². The van der Waals surface area contributed by atoms with Crippen molar-refractivity contribution in [3.05, 3.63) is 53.6 Å². The molecule has 0 aromatic heterocycles. The molecule has 5 nitrogen and oxygen atoms in total. The first-order chi connectivity index (χ1) is 13.4. The van der Waals surface area contributed by atoms with E-state index < -0.39 is 6.61 Å². The maximum absolute atomic E-state index is 12.7. The van der Waals surface area contributed by atoms with Gasteiger partial charge in [0, 0.05) is 12.0 Å². The predicted octanol–water partition coefficient (Wildman–Crippen LogP) is 4.58. The topological polar surface area (TPSA) is 56.8 Å². The minimum absolute atomic E-state index is 0.00913. The SMILES string of the molecule is CC(C)C(NC(=O)c1ccc(OC(F)F)cc1)c1ccc2c(c1)OCCCO2. The molecule has 1 N–H and O–H groups in total. The van der Waals surface area contributed by atoms with E-state index in [9.17, 15) is 13.6 Å². The number of fused-ring (bicyclic) bond motifs is 1. The predicted molar refractivity (Wildman–Crippen MR) is 100 cm³/mol. The summed E-state index contributed by atoms with van der Waals surface area (Å²) in [5.74, 6) is 1.20. The fourth-order valence-electron chi connectivity index (χ4n) is 3.02.